The second kappa shape index (κ2) is 9.84. The number of amides is 2. The number of hydrogen-bond acceptors (Lipinski definition) is 5. The number of nitrogens with one attached hydrogen (secondary N) is 3. The van der Waals surface area contributed by atoms with Gasteiger partial charge in [0.2, 0.25) is 5.91 Å². The van der Waals surface area contributed by atoms with Gasteiger partial charge in [-0.15, -0.1) is 11.6 Å². The first-order valence-electron chi connectivity index (χ1n) is 10.5. The molecule has 8 nitrogen and oxygen atoms in total. The normalized spacial score (nSPS) is 11.6. The monoisotopic (exact) mass is 478 g/mol. The zero-order chi connectivity index (χ0) is 24.2. The molecule has 0 saturated heterocycles. The predicted octanol–water partition coefficient (Wildman–Crippen LogP) is 5.07. The number of halogens is 1. The fourth-order valence-electron chi connectivity index (χ4n) is 3.43. The van der Waals surface area contributed by atoms with E-state index in [1.165, 1.54) is 0 Å². The first-order chi connectivity index (χ1) is 16.4. The number of alkyl halides is 1. The molecular weight excluding hydrogens is 456 g/mol. The molecule has 34 heavy (non-hydrogen) atoms. The Morgan fingerprint density at radius 3 is 2.35 bits per heavy atom. The van der Waals surface area contributed by atoms with Gasteiger partial charge in [0.15, 0.2) is 5.82 Å². The fraction of sp³-hybridized carbons (Fsp3) is 0.160. The molecular formula is C25H23ClN4O4. The number of aromatic amines is 1. The molecule has 174 valence electrons. The largest absolute Gasteiger partial charge is 0.497 e. The standard InChI is InChI=1S/C25H23ClN4O4/c1-14(26)24(31)27-18-6-4-5-16(9-18)25(32)28-23-21-8-7-15(12-22(21)29-30-23)17-10-19(33-2)13-20(11-17)34-3/h4-14H,1-3H3,(H,27,31)(H2,28,29,30,32). The maximum absolute atomic E-state index is 12.8. The van der Waals surface area contributed by atoms with Crippen LogP contribution in [0.4, 0.5) is 11.5 Å². The number of benzene rings is 3. The van der Waals surface area contributed by atoms with E-state index < -0.39 is 5.38 Å². The van der Waals surface area contributed by atoms with Gasteiger partial charge in [-0.2, -0.15) is 5.10 Å². The van der Waals surface area contributed by atoms with Crippen LogP contribution in [0.5, 0.6) is 11.5 Å². The van der Waals surface area contributed by atoms with Crippen molar-refractivity contribution in [1.82, 2.24) is 10.2 Å². The Kier molecular flexibility index (Phi) is 6.70. The lowest BCUT2D eigenvalue weighted by molar-refractivity contribution is -0.115. The quantitative estimate of drug-likeness (QED) is 0.322. The van der Waals surface area contributed by atoms with Gasteiger partial charge in [-0.05, 0) is 60.5 Å². The van der Waals surface area contributed by atoms with Gasteiger partial charge < -0.3 is 20.1 Å². The average Bonchev–Trinajstić information content (AvgIpc) is 3.25. The van der Waals surface area contributed by atoms with Gasteiger partial charge in [0, 0.05) is 22.7 Å². The average molecular weight is 479 g/mol. The van der Waals surface area contributed by atoms with Crippen molar-refractivity contribution in [3.63, 3.8) is 0 Å². The van der Waals surface area contributed by atoms with E-state index in [1.54, 1.807) is 45.4 Å². The van der Waals surface area contributed by atoms with Crippen molar-refractivity contribution in [3.8, 4) is 22.6 Å². The van der Waals surface area contributed by atoms with Crippen molar-refractivity contribution < 1.29 is 19.1 Å². The number of hydrogen-bond donors (Lipinski definition) is 3. The van der Waals surface area contributed by atoms with E-state index in [9.17, 15) is 9.59 Å². The van der Waals surface area contributed by atoms with Gasteiger partial charge in [-0.3, -0.25) is 14.7 Å². The third-order valence-electron chi connectivity index (χ3n) is 5.23. The summed E-state index contributed by atoms with van der Waals surface area (Å²) in [6.07, 6.45) is 0. The molecule has 1 atom stereocenters. The molecule has 0 bridgehead atoms. The number of H-pyrrole nitrogens is 1. The van der Waals surface area contributed by atoms with E-state index >= 15 is 0 Å². The van der Waals surface area contributed by atoms with Crippen LogP contribution in [-0.4, -0.2) is 41.6 Å². The summed E-state index contributed by atoms with van der Waals surface area (Å²) in [7, 11) is 3.21. The number of ether oxygens (including phenoxy) is 2. The van der Waals surface area contributed by atoms with Gasteiger partial charge in [0.1, 0.15) is 16.9 Å². The van der Waals surface area contributed by atoms with Crippen molar-refractivity contribution in [2.75, 3.05) is 24.9 Å². The maximum Gasteiger partial charge on any atom is 0.256 e. The summed E-state index contributed by atoms with van der Waals surface area (Å²) in [4.78, 5) is 24.7. The number of fused-ring (bicyclic) bond motifs is 1. The highest BCUT2D eigenvalue weighted by molar-refractivity contribution is 6.32. The van der Waals surface area contributed by atoms with Gasteiger partial charge in [0.25, 0.3) is 5.91 Å². The lowest BCUT2D eigenvalue weighted by Gasteiger charge is -2.09. The Balaban J connectivity index is 1.57. The van der Waals surface area contributed by atoms with Crippen molar-refractivity contribution in [1.29, 1.82) is 0 Å². The van der Waals surface area contributed by atoms with Crippen LogP contribution >= 0.6 is 11.6 Å². The van der Waals surface area contributed by atoms with E-state index in [2.05, 4.69) is 20.8 Å². The Morgan fingerprint density at radius 2 is 1.68 bits per heavy atom. The molecule has 0 radical (unpaired) electrons. The number of methoxy groups -OCH3 is 2. The van der Waals surface area contributed by atoms with Gasteiger partial charge in [-0.25, -0.2) is 0 Å². The molecule has 1 heterocycles. The molecule has 2 amide bonds. The van der Waals surface area contributed by atoms with Gasteiger partial charge >= 0.3 is 0 Å². The zero-order valence-electron chi connectivity index (χ0n) is 18.8. The lowest BCUT2D eigenvalue weighted by Crippen LogP contribution is -2.20. The maximum atomic E-state index is 12.8. The zero-order valence-corrected chi connectivity index (χ0v) is 19.6. The van der Waals surface area contributed by atoms with Crippen LogP contribution in [0.2, 0.25) is 0 Å². The molecule has 9 heteroatoms. The molecule has 0 spiro atoms. The first kappa shape index (κ1) is 23.1. The van der Waals surface area contributed by atoms with E-state index in [0.717, 1.165) is 22.0 Å². The smallest absolute Gasteiger partial charge is 0.256 e. The molecule has 0 fully saturated rings. The highest BCUT2D eigenvalue weighted by Gasteiger charge is 2.15. The summed E-state index contributed by atoms with van der Waals surface area (Å²) in [5.41, 5.74) is 3.46. The second-order valence-electron chi connectivity index (χ2n) is 7.57. The molecule has 3 aromatic carbocycles. The Hall–Kier alpha value is -4.04. The molecule has 1 unspecified atom stereocenters. The minimum Gasteiger partial charge on any atom is -0.497 e. The molecule has 3 N–H and O–H groups in total. The third kappa shape index (κ3) is 4.97. The van der Waals surface area contributed by atoms with Crippen LogP contribution in [0.3, 0.4) is 0 Å². The minimum absolute atomic E-state index is 0.345. The fourth-order valence-corrected chi connectivity index (χ4v) is 3.48. The summed E-state index contributed by atoms with van der Waals surface area (Å²) in [5, 5.41) is 12.8. The molecule has 4 aromatic rings. The second-order valence-corrected chi connectivity index (χ2v) is 8.23. The van der Waals surface area contributed by atoms with Crippen LogP contribution in [0.25, 0.3) is 22.0 Å². The highest BCUT2D eigenvalue weighted by atomic mass is 35.5. The highest BCUT2D eigenvalue weighted by Crippen LogP contribution is 2.32. The van der Waals surface area contributed by atoms with Crippen molar-refractivity contribution in [3.05, 3.63) is 66.2 Å². The first-order valence-corrected chi connectivity index (χ1v) is 10.9. The van der Waals surface area contributed by atoms with E-state index in [-0.39, 0.29) is 11.8 Å². The Morgan fingerprint density at radius 1 is 0.941 bits per heavy atom. The predicted molar refractivity (Wildman–Crippen MR) is 133 cm³/mol. The van der Waals surface area contributed by atoms with Crippen molar-refractivity contribution >= 4 is 45.8 Å². The SMILES string of the molecule is COc1cc(OC)cc(-c2ccc3c(NC(=O)c4cccc(NC(=O)C(C)Cl)c4)n[nH]c3c2)c1. The molecule has 0 aliphatic carbocycles. The Bertz CT molecular complexity index is 1340. The Labute approximate surface area is 201 Å². The summed E-state index contributed by atoms with van der Waals surface area (Å²) in [6.45, 7) is 1.58. The summed E-state index contributed by atoms with van der Waals surface area (Å²) in [5.74, 6) is 1.07. The topological polar surface area (TPSA) is 105 Å². The number of rotatable bonds is 7. The molecule has 0 saturated carbocycles. The summed E-state index contributed by atoms with van der Waals surface area (Å²) in [6, 6.07) is 18.0. The van der Waals surface area contributed by atoms with Crippen LogP contribution < -0.4 is 20.1 Å². The number of carbonyl (C=O) groups excluding carboxylic acids is 2. The van der Waals surface area contributed by atoms with Crippen LogP contribution in [0, 0.1) is 0 Å². The number of carbonyl (C=O) groups is 2. The van der Waals surface area contributed by atoms with Crippen molar-refractivity contribution in [2.24, 2.45) is 0 Å². The molecule has 4 rings (SSSR count). The number of anilines is 2. The number of nitrogens with zero attached hydrogens (tertiary/aromatic N) is 1. The van der Waals surface area contributed by atoms with Crippen molar-refractivity contribution in [2.45, 2.75) is 12.3 Å². The lowest BCUT2D eigenvalue weighted by atomic mass is 10.0. The number of aromatic nitrogens is 2. The summed E-state index contributed by atoms with van der Waals surface area (Å²) >= 11 is 5.80. The molecule has 1 aromatic heterocycles. The van der Waals surface area contributed by atoms with E-state index in [0.29, 0.717) is 28.6 Å². The van der Waals surface area contributed by atoms with E-state index in [4.69, 9.17) is 21.1 Å². The van der Waals surface area contributed by atoms with Gasteiger partial charge in [-0.1, -0.05) is 12.1 Å². The molecule has 0 aliphatic heterocycles. The van der Waals surface area contributed by atoms with Crippen LogP contribution in [0.15, 0.2) is 60.7 Å². The van der Waals surface area contributed by atoms with Gasteiger partial charge in [0.05, 0.1) is 19.7 Å². The van der Waals surface area contributed by atoms with E-state index in [1.807, 2.05) is 36.4 Å². The molecule has 0 aliphatic rings. The van der Waals surface area contributed by atoms with Crippen LogP contribution in [-0.2, 0) is 4.79 Å². The van der Waals surface area contributed by atoms with Crippen LogP contribution in [0.1, 0.15) is 17.3 Å². The third-order valence-corrected chi connectivity index (χ3v) is 5.43. The minimum atomic E-state index is -0.684. The summed E-state index contributed by atoms with van der Waals surface area (Å²) < 4.78 is 10.7.